The van der Waals surface area contributed by atoms with E-state index in [1.54, 1.807) is 24.3 Å². The fourth-order valence-corrected chi connectivity index (χ4v) is 5.64. The zero-order valence-corrected chi connectivity index (χ0v) is 25.8. The summed E-state index contributed by atoms with van der Waals surface area (Å²) in [7, 11) is 1.32. The Kier molecular flexibility index (Phi) is 8.14. The Bertz CT molecular complexity index is 1750. The van der Waals surface area contributed by atoms with Crippen molar-refractivity contribution in [3.8, 4) is 22.6 Å². The lowest BCUT2D eigenvalue weighted by Crippen LogP contribution is -2.32. The Morgan fingerprint density at radius 1 is 0.767 bits per heavy atom. The average molecular weight is 576 g/mol. The van der Waals surface area contributed by atoms with Gasteiger partial charge in [0.25, 0.3) is 0 Å². The first-order chi connectivity index (χ1) is 20.5. The summed E-state index contributed by atoms with van der Waals surface area (Å²) in [6.45, 7) is 13.0. The molecule has 1 N–H and O–H groups in total. The van der Waals surface area contributed by atoms with Crippen LogP contribution in [0.25, 0.3) is 16.7 Å². The van der Waals surface area contributed by atoms with Crippen molar-refractivity contribution in [2.24, 2.45) is 0 Å². The lowest BCUT2D eigenvalue weighted by atomic mass is 9.84. The van der Waals surface area contributed by atoms with Crippen molar-refractivity contribution in [3.05, 3.63) is 118 Å². The average Bonchev–Trinajstić information content (AvgIpc) is 2.96. The molecule has 0 aromatic heterocycles. The molecule has 4 aromatic rings. The van der Waals surface area contributed by atoms with E-state index < -0.39 is 11.9 Å². The molecular weight excluding hydrogens is 538 g/mol. The fraction of sp³-hybridized carbons (Fsp3) is 0.243. The lowest BCUT2D eigenvalue weighted by Gasteiger charge is -2.33. The molecule has 1 aliphatic rings. The maximum atomic E-state index is 12.8. The molecular formula is C37H37NO5. The van der Waals surface area contributed by atoms with E-state index in [1.807, 2.05) is 25.1 Å². The summed E-state index contributed by atoms with van der Waals surface area (Å²) >= 11 is 0. The third-order valence-corrected chi connectivity index (χ3v) is 7.70. The number of esters is 2. The molecule has 0 saturated heterocycles. The highest BCUT2D eigenvalue weighted by molar-refractivity contribution is 5.94. The summed E-state index contributed by atoms with van der Waals surface area (Å²) in [6, 6.07) is 22.4. The number of hydrogen-bond donors (Lipinski definition) is 1. The third-order valence-electron chi connectivity index (χ3n) is 7.70. The third kappa shape index (κ3) is 6.33. The van der Waals surface area contributed by atoms with Crippen LogP contribution >= 0.6 is 0 Å². The zero-order chi connectivity index (χ0) is 30.9. The largest absolute Gasteiger partial charge is 0.489 e. The number of carbonyl (C=O) groups excluding carboxylic acids is 2. The van der Waals surface area contributed by atoms with E-state index in [-0.39, 0.29) is 5.54 Å². The topological polar surface area (TPSA) is 73.9 Å². The number of fused-ring (bicyclic) bond motifs is 1. The van der Waals surface area contributed by atoms with Gasteiger partial charge in [-0.3, -0.25) is 0 Å². The van der Waals surface area contributed by atoms with Gasteiger partial charge in [0.1, 0.15) is 18.1 Å². The lowest BCUT2D eigenvalue weighted by molar-refractivity contribution is 0.0599. The van der Waals surface area contributed by atoms with E-state index in [0.717, 1.165) is 50.4 Å². The summed E-state index contributed by atoms with van der Waals surface area (Å²) in [5.74, 6) is 0.341. The van der Waals surface area contributed by atoms with Gasteiger partial charge in [0.15, 0.2) is 0 Å². The number of carbonyl (C=O) groups is 2. The number of ether oxygens (including phenoxy) is 3. The second-order valence-corrected chi connectivity index (χ2v) is 11.7. The van der Waals surface area contributed by atoms with Gasteiger partial charge in [-0.05, 0) is 123 Å². The van der Waals surface area contributed by atoms with Crippen LogP contribution in [0.5, 0.6) is 11.5 Å². The number of rotatable bonds is 7. The molecule has 1 aliphatic heterocycles. The predicted octanol–water partition coefficient (Wildman–Crippen LogP) is 8.47. The highest BCUT2D eigenvalue weighted by Gasteiger charge is 2.27. The standard InChI is InChI=1S/C37H37NO5/c1-22-8-9-23(2)33(18-22)42-21-31-30(16-17-32-34(31)25(4)20-37(5,6)38-32)29-15-14-28(19-24(29)3)43-36(40)27-12-10-26(11-13-27)35(39)41-7/h8-20,38H,21H2,1-7H3. The molecule has 1 heterocycles. The molecule has 0 unspecified atom stereocenters. The van der Waals surface area contributed by atoms with Gasteiger partial charge < -0.3 is 19.5 Å². The van der Waals surface area contributed by atoms with Crippen molar-refractivity contribution >= 4 is 23.2 Å². The minimum absolute atomic E-state index is 0.162. The van der Waals surface area contributed by atoms with Crippen molar-refractivity contribution in [2.45, 2.75) is 53.7 Å². The van der Waals surface area contributed by atoms with E-state index in [9.17, 15) is 9.59 Å². The normalized spacial score (nSPS) is 13.3. The van der Waals surface area contributed by atoms with Crippen molar-refractivity contribution < 1.29 is 23.8 Å². The minimum atomic E-state index is -0.505. The Labute approximate surface area is 253 Å². The van der Waals surface area contributed by atoms with E-state index in [2.05, 4.69) is 76.3 Å². The number of allylic oxidation sites excluding steroid dienone is 1. The molecule has 0 spiro atoms. The molecule has 220 valence electrons. The molecule has 0 amide bonds. The van der Waals surface area contributed by atoms with Gasteiger partial charge in [-0.2, -0.15) is 0 Å². The Morgan fingerprint density at radius 3 is 2.12 bits per heavy atom. The number of methoxy groups -OCH3 is 1. The smallest absolute Gasteiger partial charge is 0.343 e. The highest BCUT2D eigenvalue weighted by Crippen LogP contribution is 2.42. The van der Waals surface area contributed by atoms with Crippen LogP contribution < -0.4 is 14.8 Å². The van der Waals surface area contributed by atoms with Crippen molar-refractivity contribution in [2.75, 3.05) is 12.4 Å². The molecule has 0 saturated carbocycles. The van der Waals surface area contributed by atoms with Gasteiger partial charge in [-0.25, -0.2) is 9.59 Å². The fourth-order valence-electron chi connectivity index (χ4n) is 5.64. The maximum absolute atomic E-state index is 12.8. The summed E-state index contributed by atoms with van der Waals surface area (Å²) < 4.78 is 16.9. The first kappa shape index (κ1) is 29.6. The van der Waals surface area contributed by atoms with E-state index in [1.165, 1.54) is 12.7 Å². The van der Waals surface area contributed by atoms with E-state index >= 15 is 0 Å². The second kappa shape index (κ2) is 11.8. The summed E-state index contributed by atoms with van der Waals surface area (Å²) in [5.41, 5.74) is 10.3. The SMILES string of the molecule is COC(=O)c1ccc(C(=O)Oc2ccc(-c3ccc4c(c3COc3cc(C)ccc3C)C(C)=CC(C)(C)N4)c(C)c2)cc1. The molecule has 0 atom stereocenters. The van der Waals surface area contributed by atoms with Gasteiger partial charge in [0, 0.05) is 16.8 Å². The van der Waals surface area contributed by atoms with Crippen LogP contribution in [-0.4, -0.2) is 24.6 Å². The molecule has 43 heavy (non-hydrogen) atoms. The monoisotopic (exact) mass is 575 g/mol. The van der Waals surface area contributed by atoms with Gasteiger partial charge in [0.2, 0.25) is 0 Å². The zero-order valence-electron chi connectivity index (χ0n) is 25.8. The quantitative estimate of drug-likeness (QED) is 0.176. The van der Waals surface area contributed by atoms with Crippen molar-refractivity contribution in [3.63, 3.8) is 0 Å². The van der Waals surface area contributed by atoms with Crippen LogP contribution in [0.3, 0.4) is 0 Å². The Morgan fingerprint density at radius 2 is 1.44 bits per heavy atom. The van der Waals surface area contributed by atoms with Gasteiger partial charge in [-0.15, -0.1) is 0 Å². The molecule has 5 rings (SSSR count). The van der Waals surface area contributed by atoms with Crippen LogP contribution in [0.4, 0.5) is 5.69 Å². The van der Waals surface area contributed by atoms with E-state index in [0.29, 0.717) is 23.5 Å². The molecule has 4 aromatic carbocycles. The second-order valence-electron chi connectivity index (χ2n) is 11.7. The minimum Gasteiger partial charge on any atom is -0.489 e. The van der Waals surface area contributed by atoms with Crippen LogP contribution in [0.2, 0.25) is 0 Å². The number of hydrogen-bond acceptors (Lipinski definition) is 6. The van der Waals surface area contributed by atoms with E-state index in [4.69, 9.17) is 14.2 Å². The van der Waals surface area contributed by atoms with Crippen LogP contribution in [0.1, 0.15) is 69.3 Å². The number of benzene rings is 4. The highest BCUT2D eigenvalue weighted by atomic mass is 16.5. The van der Waals surface area contributed by atoms with Crippen molar-refractivity contribution in [1.82, 2.24) is 0 Å². The Hall–Kier alpha value is -4.84. The molecule has 6 heteroatoms. The Balaban J connectivity index is 1.48. The maximum Gasteiger partial charge on any atom is 0.343 e. The molecule has 6 nitrogen and oxygen atoms in total. The molecule has 0 radical (unpaired) electrons. The number of anilines is 1. The molecule has 0 fully saturated rings. The number of aryl methyl sites for hydroxylation is 3. The molecule has 0 aliphatic carbocycles. The van der Waals surface area contributed by atoms with Gasteiger partial charge in [-0.1, -0.05) is 30.3 Å². The first-order valence-corrected chi connectivity index (χ1v) is 14.3. The van der Waals surface area contributed by atoms with Gasteiger partial charge >= 0.3 is 11.9 Å². The molecule has 0 bridgehead atoms. The van der Waals surface area contributed by atoms with Crippen LogP contribution in [0, 0.1) is 20.8 Å². The van der Waals surface area contributed by atoms with Crippen LogP contribution in [-0.2, 0) is 11.3 Å². The first-order valence-electron chi connectivity index (χ1n) is 14.3. The summed E-state index contributed by atoms with van der Waals surface area (Å²) in [5, 5.41) is 3.66. The summed E-state index contributed by atoms with van der Waals surface area (Å²) in [6.07, 6.45) is 2.26. The van der Waals surface area contributed by atoms with Crippen molar-refractivity contribution in [1.29, 1.82) is 0 Å². The van der Waals surface area contributed by atoms with Gasteiger partial charge in [0.05, 0.1) is 23.8 Å². The van der Waals surface area contributed by atoms with Crippen LogP contribution in [0.15, 0.2) is 78.9 Å². The predicted molar refractivity (Wildman–Crippen MR) is 171 cm³/mol. The number of nitrogens with one attached hydrogen (secondary N) is 1. The summed E-state index contributed by atoms with van der Waals surface area (Å²) in [4.78, 5) is 24.5.